The molecule has 0 atom stereocenters. The summed E-state index contributed by atoms with van der Waals surface area (Å²) >= 11 is 1.44. The molecule has 2 aromatic heterocycles. The normalized spacial score (nSPS) is 10.3. The lowest BCUT2D eigenvalue weighted by atomic mass is 10.2. The molecule has 0 aliphatic heterocycles. The SMILES string of the molecule is CCCCC(=O)Nc1nc(-c2ccncc2)cs1. The number of aromatic nitrogens is 2. The molecule has 0 radical (unpaired) electrons. The quantitative estimate of drug-likeness (QED) is 0.898. The third kappa shape index (κ3) is 3.37. The average molecular weight is 261 g/mol. The van der Waals surface area contributed by atoms with Crippen LogP contribution in [-0.4, -0.2) is 15.9 Å². The molecule has 0 aromatic carbocycles. The van der Waals surface area contributed by atoms with Gasteiger partial charge in [0.15, 0.2) is 5.13 Å². The summed E-state index contributed by atoms with van der Waals surface area (Å²) in [7, 11) is 0. The number of hydrogen-bond acceptors (Lipinski definition) is 4. The van der Waals surface area contributed by atoms with Crippen molar-refractivity contribution in [3.05, 3.63) is 29.9 Å². The van der Waals surface area contributed by atoms with Crippen molar-refractivity contribution >= 4 is 22.4 Å². The lowest BCUT2D eigenvalue weighted by Gasteiger charge is -1.99. The van der Waals surface area contributed by atoms with Crippen LogP contribution in [0.2, 0.25) is 0 Å². The number of thiazole rings is 1. The van der Waals surface area contributed by atoms with E-state index in [1.807, 2.05) is 17.5 Å². The van der Waals surface area contributed by atoms with Crippen molar-refractivity contribution in [1.82, 2.24) is 9.97 Å². The van der Waals surface area contributed by atoms with Crippen molar-refractivity contribution in [3.63, 3.8) is 0 Å². The van der Waals surface area contributed by atoms with Gasteiger partial charge in [0, 0.05) is 29.8 Å². The summed E-state index contributed by atoms with van der Waals surface area (Å²) in [5.41, 5.74) is 1.88. The zero-order valence-corrected chi connectivity index (χ0v) is 11.0. The summed E-state index contributed by atoms with van der Waals surface area (Å²) in [4.78, 5) is 19.9. The molecule has 2 aromatic rings. The van der Waals surface area contributed by atoms with Gasteiger partial charge in [0.1, 0.15) is 0 Å². The van der Waals surface area contributed by atoms with Crippen LogP contribution in [0.15, 0.2) is 29.9 Å². The predicted molar refractivity (Wildman–Crippen MR) is 73.5 cm³/mol. The van der Waals surface area contributed by atoms with Crippen LogP contribution in [-0.2, 0) is 4.79 Å². The number of hydrogen-bond donors (Lipinski definition) is 1. The number of unbranched alkanes of at least 4 members (excludes halogenated alkanes) is 1. The van der Waals surface area contributed by atoms with Crippen molar-refractivity contribution in [2.75, 3.05) is 5.32 Å². The van der Waals surface area contributed by atoms with Crippen molar-refractivity contribution in [2.45, 2.75) is 26.2 Å². The molecule has 0 unspecified atom stereocenters. The fraction of sp³-hybridized carbons (Fsp3) is 0.308. The second-order valence-electron chi connectivity index (χ2n) is 3.93. The summed E-state index contributed by atoms with van der Waals surface area (Å²) in [6.07, 6.45) is 5.95. The molecule has 2 rings (SSSR count). The van der Waals surface area contributed by atoms with Crippen LogP contribution in [0.1, 0.15) is 26.2 Å². The zero-order valence-electron chi connectivity index (χ0n) is 10.2. The average Bonchev–Trinajstić information content (AvgIpc) is 2.86. The fourth-order valence-corrected chi connectivity index (χ4v) is 2.24. The Labute approximate surface area is 110 Å². The van der Waals surface area contributed by atoms with Crippen LogP contribution >= 0.6 is 11.3 Å². The second-order valence-corrected chi connectivity index (χ2v) is 4.78. The molecule has 18 heavy (non-hydrogen) atoms. The lowest BCUT2D eigenvalue weighted by Crippen LogP contribution is -2.10. The lowest BCUT2D eigenvalue weighted by molar-refractivity contribution is -0.116. The summed E-state index contributed by atoms with van der Waals surface area (Å²) in [6.45, 7) is 2.07. The van der Waals surface area contributed by atoms with E-state index in [1.165, 1.54) is 11.3 Å². The number of rotatable bonds is 5. The van der Waals surface area contributed by atoms with Crippen molar-refractivity contribution < 1.29 is 4.79 Å². The highest BCUT2D eigenvalue weighted by Gasteiger charge is 2.07. The van der Waals surface area contributed by atoms with Gasteiger partial charge in [-0.1, -0.05) is 13.3 Å². The second kappa shape index (κ2) is 6.26. The molecule has 0 saturated carbocycles. The van der Waals surface area contributed by atoms with Crippen LogP contribution in [0, 0.1) is 0 Å². The van der Waals surface area contributed by atoms with Crippen LogP contribution < -0.4 is 5.32 Å². The summed E-state index contributed by atoms with van der Waals surface area (Å²) in [5.74, 6) is 0.0347. The van der Waals surface area contributed by atoms with E-state index in [0.717, 1.165) is 24.1 Å². The first-order valence-corrected chi connectivity index (χ1v) is 6.83. The molecule has 0 fully saturated rings. The summed E-state index contributed by atoms with van der Waals surface area (Å²) < 4.78 is 0. The monoisotopic (exact) mass is 261 g/mol. The number of nitrogens with one attached hydrogen (secondary N) is 1. The molecule has 0 aliphatic carbocycles. The molecular weight excluding hydrogens is 246 g/mol. The Balaban J connectivity index is 2.00. The molecule has 94 valence electrons. The molecule has 0 saturated heterocycles. The molecule has 4 nitrogen and oxygen atoms in total. The maximum atomic E-state index is 11.6. The maximum absolute atomic E-state index is 11.6. The van der Waals surface area contributed by atoms with Crippen molar-refractivity contribution in [2.24, 2.45) is 0 Å². The number of pyridine rings is 1. The molecule has 1 N–H and O–H groups in total. The first-order chi connectivity index (χ1) is 8.79. The standard InChI is InChI=1S/C13H15N3OS/c1-2-3-4-12(17)16-13-15-11(9-18-13)10-5-7-14-8-6-10/h5-9H,2-4H2,1H3,(H,15,16,17). The Hall–Kier alpha value is -1.75. The van der Waals surface area contributed by atoms with Gasteiger partial charge in [-0.25, -0.2) is 4.98 Å². The third-order valence-corrected chi connectivity index (χ3v) is 3.24. The van der Waals surface area contributed by atoms with Crippen LogP contribution in [0.4, 0.5) is 5.13 Å². The number of carbonyl (C=O) groups excluding carboxylic acids is 1. The van der Waals surface area contributed by atoms with E-state index in [-0.39, 0.29) is 5.91 Å². The molecule has 2 heterocycles. The van der Waals surface area contributed by atoms with Gasteiger partial charge in [-0.3, -0.25) is 9.78 Å². The number of anilines is 1. The topological polar surface area (TPSA) is 54.9 Å². The van der Waals surface area contributed by atoms with E-state index in [2.05, 4.69) is 22.2 Å². The molecular formula is C13H15N3OS. The predicted octanol–water partition coefficient (Wildman–Crippen LogP) is 3.33. The highest BCUT2D eigenvalue weighted by molar-refractivity contribution is 7.14. The molecule has 5 heteroatoms. The van der Waals surface area contributed by atoms with E-state index < -0.39 is 0 Å². The minimum Gasteiger partial charge on any atom is -0.302 e. The van der Waals surface area contributed by atoms with Gasteiger partial charge in [0.05, 0.1) is 5.69 Å². The minimum absolute atomic E-state index is 0.0347. The Bertz CT molecular complexity index is 510. The van der Waals surface area contributed by atoms with Crippen LogP contribution in [0.25, 0.3) is 11.3 Å². The summed E-state index contributed by atoms with van der Waals surface area (Å²) in [6, 6.07) is 3.80. The van der Waals surface area contributed by atoms with E-state index in [1.54, 1.807) is 12.4 Å². The molecule has 0 bridgehead atoms. The van der Waals surface area contributed by atoms with Gasteiger partial charge in [0.2, 0.25) is 5.91 Å². The number of carbonyl (C=O) groups is 1. The zero-order chi connectivity index (χ0) is 12.8. The van der Waals surface area contributed by atoms with Gasteiger partial charge in [-0.2, -0.15) is 0 Å². The highest BCUT2D eigenvalue weighted by Crippen LogP contribution is 2.24. The Morgan fingerprint density at radius 1 is 1.39 bits per heavy atom. The van der Waals surface area contributed by atoms with Crippen molar-refractivity contribution in [1.29, 1.82) is 0 Å². The third-order valence-electron chi connectivity index (χ3n) is 2.48. The fourth-order valence-electron chi connectivity index (χ4n) is 1.51. The highest BCUT2D eigenvalue weighted by atomic mass is 32.1. The largest absolute Gasteiger partial charge is 0.302 e. The number of nitrogens with zero attached hydrogens (tertiary/aromatic N) is 2. The van der Waals surface area contributed by atoms with E-state index in [0.29, 0.717) is 11.6 Å². The van der Waals surface area contributed by atoms with Gasteiger partial charge >= 0.3 is 0 Å². The molecule has 1 amide bonds. The Morgan fingerprint density at radius 3 is 2.89 bits per heavy atom. The van der Waals surface area contributed by atoms with Crippen LogP contribution in [0.5, 0.6) is 0 Å². The van der Waals surface area contributed by atoms with Crippen LogP contribution in [0.3, 0.4) is 0 Å². The first kappa shape index (κ1) is 12.7. The first-order valence-electron chi connectivity index (χ1n) is 5.95. The Kier molecular flexibility index (Phi) is 4.41. The van der Waals surface area contributed by atoms with Gasteiger partial charge in [-0.15, -0.1) is 11.3 Å². The van der Waals surface area contributed by atoms with Gasteiger partial charge in [0.25, 0.3) is 0 Å². The Morgan fingerprint density at radius 2 is 2.17 bits per heavy atom. The summed E-state index contributed by atoms with van der Waals surface area (Å²) in [5, 5.41) is 5.41. The molecule has 0 spiro atoms. The van der Waals surface area contributed by atoms with Gasteiger partial charge < -0.3 is 5.32 Å². The minimum atomic E-state index is 0.0347. The maximum Gasteiger partial charge on any atom is 0.226 e. The molecule has 0 aliphatic rings. The van der Waals surface area contributed by atoms with Crippen molar-refractivity contribution in [3.8, 4) is 11.3 Å². The van der Waals surface area contributed by atoms with E-state index >= 15 is 0 Å². The smallest absolute Gasteiger partial charge is 0.226 e. The van der Waals surface area contributed by atoms with E-state index in [4.69, 9.17) is 0 Å². The van der Waals surface area contributed by atoms with Gasteiger partial charge in [-0.05, 0) is 18.6 Å². The number of amides is 1. The van der Waals surface area contributed by atoms with E-state index in [9.17, 15) is 4.79 Å².